The van der Waals surface area contributed by atoms with E-state index in [0.29, 0.717) is 16.5 Å². The summed E-state index contributed by atoms with van der Waals surface area (Å²) < 4.78 is 12.9. The maximum Gasteiger partial charge on any atom is 0.123 e. The molecule has 0 aliphatic carbocycles. The molecule has 4 heteroatoms. The molecule has 0 aliphatic rings. The molecule has 1 unspecified atom stereocenters. The molecule has 0 spiro atoms. The van der Waals surface area contributed by atoms with E-state index in [1.165, 1.54) is 12.1 Å². The molecule has 1 nitrogen and oxygen atoms in total. The summed E-state index contributed by atoms with van der Waals surface area (Å²) in [7, 11) is 1.86. The van der Waals surface area contributed by atoms with Crippen LogP contribution in [0.1, 0.15) is 17.2 Å². The van der Waals surface area contributed by atoms with E-state index < -0.39 is 0 Å². The summed E-state index contributed by atoms with van der Waals surface area (Å²) in [5, 5.41) is 4.47. The van der Waals surface area contributed by atoms with E-state index in [2.05, 4.69) is 5.32 Å². The Labute approximate surface area is 122 Å². The lowest BCUT2D eigenvalue weighted by Gasteiger charge is -2.19. The number of nitrogens with one attached hydrogen (secondary N) is 1. The van der Waals surface area contributed by atoms with Gasteiger partial charge in [-0.15, -0.1) is 0 Å². The van der Waals surface area contributed by atoms with Gasteiger partial charge in [0, 0.05) is 21.7 Å². The normalized spacial score (nSPS) is 12.4. The summed E-state index contributed by atoms with van der Waals surface area (Å²) >= 11 is 12.4. The average Bonchev–Trinajstić information content (AvgIpc) is 2.39. The van der Waals surface area contributed by atoms with Crippen molar-refractivity contribution in [2.24, 2.45) is 0 Å². The van der Waals surface area contributed by atoms with Gasteiger partial charge in [0.15, 0.2) is 0 Å². The Kier molecular flexibility index (Phi) is 4.81. The number of hydrogen-bond acceptors (Lipinski definition) is 1. The third-order valence-electron chi connectivity index (χ3n) is 3.05. The number of halogens is 3. The Balaban J connectivity index is 2.27. The van der Waals surface area contributed by atoms with Crippen molar-refractivity contribution in [1.82, 2.24) is 5.32 Å². The Bertz CT molecular complexity index is 534. The monoisotopic (exact) mass is 297 g/mol. The molecule has 0 aliphatic heterocycles. The minimum atomic E-state index is -0.236. The first kappa shape index (κ1) is 14.3. The number of rotatable bonds is 4. The first-order chi connectivity index (χ1) is 9.11. The Morgan fingerprint density at radius 1 is 1.05 bits per heavy atom. The van der Waals surface area contributed by atoms with Crippen molar-refractivity contribution in [3.05, 3.63) is 69.5 Å². The number of likely N-dealkylation sites (N-methyl/N-ethyl adjacent to an activating group) is 1. The van der Waals surface area contributed by atoms with Crippen molar-refractivity contribution in [2.45, 2.75) is 12.5 Å². The second kappa shape index (κ2) is 6.38. The van der Waals surface area contributed by atoms with Gasteiger partial charge in [0.25, 0.3) is 0 Å². The predicted octanol–water partition coefficient (Wildman–Crippen LogP) is 4.64. The largest absolute Gasteiger partial charge is 0.313 e. The van der Waals surface area contributed by atoms with Crippen LogP contribution in [0.4, 0.5) is 4.39 Å². The molecule has 0 saturated carbocycles. The Morgan fingerprint density at radius 2 is 1.63 bits per heavy atom. The lowest BCUT2D eigenvalue weighted by Crippen LogP contribution is -2.19. The second-order valence-corrected chi connectivity index (χ2v) is 5.12. The fourth-order valence-electron chi connectivity index (χ4n) is 2.05. The number of hydrogen-bond donors (Lipinski definition) is 1. The molecule has 100 valence electrons. The van der Waals surface area contributed by atoms with Gasteiger partial charge in [-0.1, -0.05) is 41.4 Å². The molecule has 0 radical (unpaired) electrons. The van der Waals surface area contributed by atoms with Crippen molar-refractivity contribution in [3.63, 3.8) is 0 Å². The van der Waals surface area contributed by atoms with Crippen LogP contribution in [-0.4, -0.2) is 7.05 Å². The molecule has 2 rings (SSSR count). The fraction of sp³-hybridized carbons (Fsp3) is 0.200. The minimum absolute atomic E-state index is 0.00772. The zero-order chi connectivity index (χ0) is 13.8. The van der Waals surface area contributed by atoms with Crippen LogP contribution in [0.5, 0.6) is 0 Å². The standard InChI is InChI=1S/C15H14Cl2FN/c1-19-14(9-10-5-7-11(18)8-6-10)15-12(16)3-2-4-13(15)17/h2-8,14,19H,9H2,1H3. The van der Waals surface area contributed by atoms with Gasteiger partial charge in [0.2, 0.25) is 0 Å². The van der Waals surface area contributed by atoms with Gasteiger partial charge in [-0.25, -0.2) is 4.39 Å². The van der Waals surface area contributed by atoms with Gasteiger partial charge in [-0.05, 0) is 43.3 Å². The highest BCUT2D eigenvalue weighted by atomic mass is 35.5. The van der Waals surface area contributed by atoms with E-state index in [1.54, 1.807) is 12.1 Å². The highest BCUT2D eigenvalue weighted by Gasteiger charge is 2.16. The molecule has 0 heterocycles. The van der Waals surface area contributed by atoms with Gasteiger partial charge in [0.1, 0.15) is 5.82 Å². The van der Waals surface area contributed by atoms with E-state index in [-0.39, 0.29) is 11.9 Å². The van der Waals surface area contributed by atoms with Crippen LogP contribution in [0.25, 0.3) is 0 Å². The highest BCUT2D eigenvalue weighted by Crippen LogP contribution is 2.31. The van der Waals surface area contributed by atoms with Crippen LogP contribution in [0.2, 0.25) is 10.0 Å². The van der Waals surface area contributed by atoms with Crippen LogP contribution in [0, 0.1) is 5.82 Å². The molecule has 2 aromatic rings. The Morgan fingerprint density at radius 3 is 2.16 bits per heavy atom. The zero-order valence-corrected chi connectivity index (χ0v) is 12.0. The van der Waals surface area contributed by atoms with Gasteiger partial charge in [-0.3, -0.25) is 0 Å². The molecule has 2 aromatic carbocycles. The molecule has 0 aromatic heterocycles. The van der Waals surface area contributed by atoms with E-state index in [9.17, 15) is 4.39 Å². The van der Waals surface area contributed by atoms with E-state index in [0.717, 1.165) is 11.1 Å². The summed E-state index contributed by atoms with van der Waals surface area (Å²) in [5.41, 5.74) is 1.90. The smallest absolute Gasteiger partial charge is 0.123 e. The maximum atomic E-state index is 12.9. The first-order valence-corrected chi connectivity index (χ1v) is 6.73. The Hall–Kier alpha value is -1.09. The SMILES string of the molecule is CNC(Cc1ccc(F)cc1)c1c(Cl)cccc1Cl. The van der Waals surface area contributed by atoms with E-state index in [4.69, 9.17) is 23.2 Å². The van der Waals surface area contributed by atoms with Crippen LogP contribution >= 0.6 is 23.2 Å². The van der Waals surface area contributed by atoms with Gasteiger partial charge < -0.3 is 5.32 Å². The quantitative estimate of drug-likeness (QED) is 0.867. The van der Waals surface area contributed by atoms with Crippen molar-refractivity contribution < 1.29 is 4.39 Å². The molecule has 1 N–H and O–H groups in total. The summed E-state index contributed by atoms with van der Waals surface area (Å²) in [4.78, 5) is 0. The van der Waals surface area contributed by atoms with Gasteiger partial charge in [-0.2, -0.15) is 0 Å². The molecule has 0 saturated heterocycles. The molecule has 0 bridgehead atoms. The lowest BCUT2D eigenvalue weighted by molar-refractivity contribution is 0.589. The molecule has 0 amide bonds. The zero-order valence-electron chi connectivity index (χ0n) is 10.5. The van der Waals surface area contributed by atoms with Crippen molar-refractivity contribution >= 4 is 23.2 Å². The molecule has 1 atom stereocenters. The van der Waals surface area contributed by atoms with Gasteiger partial charge in [0.05, 0.1) is 0 Å². The predicted molar refractivity (Wildman–Crippen MR) is 78.4 cm³/mol. The van der Waals surface area contributed by atoms with Crippen LogP contribution < -0.4 is 5.32 Å². The van der Waals surface area contributed by atoms with Crippen LogP contribution in [-0.2, 0) is 6.42 Å². The average molecular weight is 298 g/mol. The second-order valence-electron chi connectivity index (χ2n) is 4.31. The van der Waals surface area contributed by atoms with Gasteiger partial charge >= 0.3 is 0 Å². The molecular weight excluding hydrogens is 284 g/mol. The molecule has 19 heavy (non-hydrogen) atoms. The van der Waals surface area contributed by atoms with Crippen LogP contribution in [0.15, 0.2) is 42.5 Å². The summed E-state index contributed by atoms with van der Waals surface area (Å²) in [5.74, 6) is -0.236. The minimum Gasteiger partial charge on any atom is -0.313 e. The van der Waals surface area contributed by atoms with Crippen molar-refractivity contribution in [1.29, 1.82) is 0 Å². The fourth-order valence-corrected chi connectivity index (χ4v) is 2.71. The summed E-state index contributed by atoms with van der Waals surface area (Å²) in [6.45, 7) is 0. The van der Waals surface area contributed by atoms with Crippen molar-refractivity contribution in [3.8, 4) is 0 Å². The van der Waals surface area contributed by atoms with E-state index in [1.807, 2.05) is 25.2 Å². The molecular formula is C15H14Cl2FN. The van der Waals surface area contributed by atoms with E-state index >= 15 is 0 Å². The third-order valence-corrected chi connectivity index (χ3v) is 3.71. The maximum absolute atomic E-state index is 12.9. The van der Waals surface area contributed by atoms with Crippen molar-refractivity contribution in [2.75, 3.05) is 7.05 Å². The number of benzene rings is 2. The topological polar surface area (TPSA) is 12.0 Å². The first-order valence-electron chi connectivity index (χ1n) is 5.97. The highest BCUT2D eigenvalue weighted by molar-refractivity contribution is 6.36. The summed E-state index contributed by atoms with van der Waals surface area (Å²) in [6, 6.07) is 11.9. The molecule has 0 fully saturated rings. The summed E-state index contributed by atoms with van der Waals surface area (Å²) in [6.07, 6.45) is 0.695. The third kappa shape index (κ3) is 3.47. The van der Waals surface area contributed by atoms with Crippen LogP contribution in [0.3, 0.4) is 0 Å². The lowest BCUT2D eigenvalue weighted by atomic mass is 9.99.